The van der Waals surface area contributed by atoms with E-state index in [0.29, 0.717) is 38.8 Å². The third-order valence-corrected chi connectivity index (χ3v) is 3.22. The van der Waals surface area contributed by atoms with Gasteiger partial charge in [0.25, 0.3) is 0 Å². The van der Waals surface area contributed by atoms with E-state index in [0.717, 1.165) is 12.8 Å². The van der Waals surface area contributed by atoms with Crippen LogP contribution in [-0.4, -0.2) is 47.0 Å². The molecule has 7 nitrogen and oxygen atoms in total. The topological polar surface area (TPSA) is 113 Å². The van der Waals surface area contributed by atoms with Crippen LogP contribution in [0, 0.1) is 0 Å². The van der Waals surface area contributed by atoms with Crippen LogP contribution in [0.25, 0.3) is 0 Å². The number of piperidine rings is 1. The SMILES string of the molecule is NC(=O)NCCCCC(=O)N1CCCCC1C(=O)O. The van der Waals surface area contributed by atoms with Crippen LogP contribution in [0.4, 0.5) is 4.79 Å². The maximum atomic E-state index is 12.0. The standard InChI is InChI=1S/C12H21N3O4/c13-12(19)14-7-3-1-6-10(16)15-8-4-2-5-9(15)11(17)18/h9H,1-8H2,(H,17,18)(H3,13,14,19). The number of nitrogens with two attached hydrogens (primary N) is 1. The highest BCUT2D eigenvalue weighted by Crippen LogP contribution is 2.18. The summed E-state index contributed by atoms with van der Waals surface area (Å²) in [5, 5.41) is 11.5. The van der Waals surface area contributed by atoms with Crippen molar-refractivity contribution >= 4 is 17.9 Å². The summed E-state index contributed by atoms with van der Waals surface area (Å²) in [6, 6.07) is -1.25. The summed E-state index contributed by atoms with van der Waals surface area (Å²) >= 11 is 0. The van der Waals surface area contributed by atoms with Gasteiger partial charge < -0.3 is 21.1 Å². The van der Waals surface area contributed by atoms with Crippen LogP contribution in [0.3, 0.4) is 0 Å². The van der Waals surface area contributed by atoms with Crippen molar-refractivity contribution in [1.82, 2.24) is 10.2 Å². The van der Waals surface area contributed by atoms with Crippen LogP contribution in [0.2, 0.25) is 0 Å². The first-order valence-electron chi connectivity index (χ1n) is 6.58. The van der Waals surface area contributed by atoms with Gasteiger partial charge in [-0.15, -0.1) is 0 Å². The van der Waals surface area contributed by atoms with Crippen molar-refractivity contribution in [1.29, 1.82) is 0 Å². The number of carbonyl (C=O) groups excluding carboxylic acids is 2. The summed E-state index contributed by atoms with van der Waals surface area (Å²) in [5.74, 6) is -1.05. The smallest absolute Gasteiger partial charge is 0.326 e. The molecule has 0 aromatic heterocycles. The minimum Gasteiger partial charge on any atom is -0.480 e. The van der Waals surface area contributed by atoms with Gasteiger partial charge in [-0.1, -0.05) is 0 Å². The van der Waals surface area contributed by atoms with E-state index in [9.17, 15) is 14.4 Å². The lowest BCUT2D eigenvalue weighted by Crippen LogP contribution is -2.47. The second-order valence-electron chi connectivity index (χ2n) is 4.69. The number of likely N-dealkylation sites (tertiary alicyclic amines) is 1. The lowest BCUT2D eigenvalue weighted by Gasteiger charge is -2.33. The maximum Gasteiger partial charge on any atom is 0.326 e. The van der Waals surface area contributed by atoms with Crippen molar-refractivity contribution in [2.75, 3.05) is 13.1 Å². The highest BCUT2D eigenvalue weighted by Gasteiger charge is 2.31. The van der Waals surface area contributed by atoms with Gasteiger partial charge in [-0.25, -0.2) is 9.59 Å². The first-order chi connectivity index (χ1) is 9.02. The molecule has 4 N–H and O–H groups in total. The van der Waals surface area contributed by atoms with Crippen molar-refractivity contribution in [2.45, 2.75) is 44.6 Å². The Morgan fingerprint density at radius 3 is 2.63 bits per heavy atom. The maximum absolute atomic E-state index is 12.0. The van der Waals surface area contributed by atoms with Gasteiger partial charge in [-0.2, -0.15) is 0 Å². The van der Waals surface area contributed by atoms with Crippen LogP contribution in [0.1, 0.15) is 38.5 Å². The zero-order valence-corrected chi connectivity index (χ0v) is 10.9. The molecule has 19 heavy (non-hydrogen) atoms. The number of carboxylic acid groups (broad SMARTS) is 1. The van der Waals surface area contributed by atoms with Crippen molar-refractivity contribution in [3.8, 4) is 0 Å². The fourth-order valence-corrected chi connectivity index (χ4v) is 2.24. The Balaban J connectivity index is 2.30. The minimum atomic E-state index is -0.927. The molecule has 1 aliphatic rings. The molecule has 1 aliphatic heterocycles. The number of amides is 3. The van der Waals surface area contributed by atoms with E-state index in [1.54, 1.807) is 0 Å². The number of carbonyl (C=O) groups is 3. The summed E-state index contributed by atoms with van der Waals surface area (Å²) in [6.07, 6.45) is 3.82. The molecule has 1 saturated heterocycles. The van der Waals surface area contributed by atoms with Gasteiger partial charge >= 0.3 is 12.0 Å². The van der Waals surface area contributed by atoms with E-state index in [2.05, 4.69) is 5.32 Å². The molecule has 0 saturated carbocycles. The van der Waals surface area contributed by atoms with Gasteiger partial charge in [0.05, 0.1) is 0 Å². The van der Waals surface area contributed by atoms with Gasteiger partial charge in [-0.3, -0.25) is 4.79 Å². The number of nitrogens with zero attached hydrogens (tertiary/aromatic N) is 1. The molecule has 0 aromatic carbocycles. The average Bonchev–Trinajstić information content (AvgIpc) is 2.37. The molecule has 1 fully saturated rings. The molecule has 108 valence electrons. The van der Waals surface area contributed by atoms with Crippen molar-refractivity contribution in [3.05, 3.63) is 0 Å². The molecule has 1 unspecified atom stereocenters. The van der Waals surface area contributed by atoms with Crippen molar-refractivity contribution in [3.63, 3.8) is 0 Å². The molecule has 7 heteroatoms. The van der Waals surface area contributed by atoms with Gasteiger partial charge in [0.2, 0.25) is 5.91 Å². The Hall–Kier alpha value is -1.79. The molecule has 0 aliphatic carbocycles. The van der Waals surface area contributed by atoms with E-state index in [1.807, 2.05) is 0 Å². The molecule has 3 amide bonds. The van der Waals surface area contributed by atoms with Crippen LogP contribution >= 0.6 is 0 Å². The molecule has 0 spiro atoms. The molecule has 1 atom stereocenters. The first-order valence-corrected chi connectivity index (χ1v) is 6.58. The fourth-order valence-electron chi connectivity index (χ4n) is 2.24. The molecular formula is C12H21N3O4. The summed E-state index contributed by atoms with van der Waals surface area (Å²) in [5.41, 5.74) is 4.91. The summed E-state index contributed by atoms with van der Waals surface area (Å²) < 4.78 is 0. The van der Waals surface area contributed by atoms with Crippen LogP contribution in [-0.2, 0) is 9.59 Å². The zero-order valence-electron chi connectivity index (χ0n) is 10.9. The monoisotopic (exact) mass is 271 g/mol. The van der Waals surface area contributed by atoms with Gasteiger partial charge in [0.15, 0.2) is 0 Å². The Bertz CT molecular complexity index is 346. The normalized spacial score (nSPS) is 18.9. The molecule has 1 heterocycles. The number of aliphatic carboxylic acids is 1. The predicted octanol–water partition coefficient (Wildman–Crippen LogP) is 0.291. The number of nitrogens with one attached hydrogen (secondary N) is 1. The van der Waals surface area contributed by atoms with E-state index in [4.69, 9.17) is 10.8 Å². The quantitative estimate of drug-likeness (QED) is 0.602. The van der Waals surface area contributed by atoms with E-state index in [-0.39, 0.29) is 5.91 Å². The molecule has 0 aromatic rings. The van der Waals surface area contributed by atoms with E-state index in [1.165, 1.54) is 4.90 Å². The summed E-state index contributed by atoms with van der Waals surface area (Å²) in [4.78, 5) is 34.9. The van der Waals surface area contributed by atoms with E-state index >= 15 is 0 Å². The number of rotatable bonds is 6. The molecule has 1 rings (SSSR count). The highest BCUT2D eigenvalue weighted by atomic mass is 16.4. The van der Waals surface area contributed by atoms with E-state index < -0.39 is 18.0 Å². The van der Waals surface area contributed by atoms with Crippen molar-refractivity contribution in [2.24, 2.45) is 5.73 Å². The minimum absolute atomic E-state index is 0.119. The molecule has 0 bridgehead atoms. The number of urea groups is 1. The number of unbranched alkanes of at least 4 members (excludes halogenated alkanes) is 1. The van der Waals surface area contributed by atoms with Gasteiger partial charge in [-0.05, 0) is 32.1 Å². The second kappa shape index (κ2) is 7.60. The lowest BCUT2D eigenvalue weighted by atomic mass is 10.0. The average molecular weight is 271 g/mol. The molecule has 0 radical (unpaired) electrons. The van der Waals surface area contributed by atoms with Gasteiger partial charge in [0.1, 0.15) is 6.04 Å². The Labute approximate surface area is 112 Å². The Kier molecular flexibility index (Phi) is 6.11. The largest absolute Gasteiger partial charge is 0.480 e. The third kappa shape index (κ3) is 5.15. The molecular weight excluding hydrogens is 250 g/mol. The van der Waals surface area contributed by atoms with Gasteiger partial charge in [0, 0.05) is 19.5 Å². The Morgan fingerprint density at radius 2 is 2.00 bits per heavy atom. The highest BCUT2D eigenvalue weighted by molar-refractivity contribution is 5.83. The number of hydrogen-bond acceptors (Lipinski definition) is 3. The van der Waals surface area contributed by atoms with Crippen LogP contribution < -0.4 is 11.1 Å². The van der Waals surface area contributed by atoms with Crippen LogP contribution in [0.5, 0.6) is 0 Å². The summed E-state index contributed by atoms with van der Waals surface area (Å²) in [6.45, 7) is 0.959. The Morgan fingerprint density at radius 1 is 1.26 bits per heavy atom. The fraction of sp³-hybridized carbons (Fsp3) is 0.750. The first kappa shape index (κ1) is 15.3. The van der Waals surface area contributed by atoms with Crippen LogP contribution in [0.15, 0.2) is 0 Å². The number of hydrogen-bond donors (Lipinski definition) is 3. The summed E-state index contributed by atoms with van der Waals surface area (Å²) in [7, 11) is 0. The number of carboxylic acids is 1. The zero-order chi connectivity index (χ0) is 14.3. The number of primary amides is 1. The third-order valence-electron chi connectivity index (χ3n) is 3.22. The second-order valence-corrected chi connectivity index (χ2v) is 4.69. The predicted molar refractivity (Wildman–Crippen MR) is 68.4 cm³/mol. The van der Waals surface area contributed by atoms with Crippen molar-refractivity contribution < 1.29 is 19.5 Å². The lowest BCUT2D eigenvalue weighted by molar-refractivity contribution is -0.152.